The number of para-hydroxylation sites is 3. The number of ether oxygens (including phenoxy) is 4. The van der Waals surface area contributed by atoms with Gasteiger partial charge < -0.3 is 24.1 Å². The molecule has 1 N–H and O–H groups in total. The molecule has 0 fully saturated rings. The second-order valence-electron chi connectivity index (χ2n) is 7.60. The number of hydrogen-bond acceptors (Lipinski definition) is 7. The lowest BCUT2D eigenvalue weighted by atomic mass is 9.95. The quantitative estimate of drug-likeness (QED) is 0.632. The Hall–Kier alpha value is -3.87. The van der Waals surface area contributed by atoms with Gasteiger partial charge in [-0.2, -0.15) is 5.10 Å². The van der Waals surface area contributed by atoms with E-state index in [0.717, 1.165) is 16.8 Å². The number of benzene rings is 3. The Labute approximate surface area is 186 Å². The second-order valence-corrected chi connectivity index (χ2v) is 7.60. The van der Waals surface area contributed by atoms with Gasteiger partial charge in [-0.15, -0.1) is 0 Å². The zero-order valence-electron chi connectivity index (χ0n) is 18.1. The van der Waals surface area contributed by atoms with Crippen LogP contribution in [0.5, 0.6) is 28.7 Å². The van der Waals surface area contributed by atoms with Gasteiger partial charge in [0.2, 0.25) is 6.23 Å². The Morgan fingerprint density at radius 1 is 0.875 bits per heavy atom. The van der Waals surface area contributed by atoms with Crippen LogP contribution in [-0.2, 0) is 0 Å². The molecule has 2 aliphatic heterocycles. The first kappa shape index (κ1) is 20.1. The molecular formula is C25H24N2O5. The number of hydrogen-bond donors (Lipinski definition) is 1. The van der Waals surface area contributed by atoms with Gasteiger partial charge in [-0.05, 0) is 30.3 Å². The topological polar surface area (TPSA) is 72.8 Å². The minimum absolute atomic E-state index is 0.0932. The fourth-order valence-electron chi connectivity index (χ4n) is 4.44. The van der Waals surface area contributed by atoms with E-state index in [1.54, 1.807) is 33.5 Å². The average molecular weight is 432 g/mol. The normalized spacial score (nSPS) is 18.8. The molecule has 0 saturated heterocycles. The van der Waals surface area contributed by atoms with Gasteiger partial charge in [-0.25, -0.2) is 5.01 Å². The fraction of sp³-hybridized carbons (Fsp3) is 0.240. The largest absolute Gasteiger partial charge is 0.507 e. The Morgan fingerprint density at radius 2 is 1.59 bits per heavy atom. The van der Waals surface area contributed by atoms with E-state index in [1.165, 1.54) is 0 Å². The van der Waals surface area contributed by atoms with Crippen LogP contribution in [0.3, 0.4) is 0 Å². The number of aromatic hydroxyl groups is 1. The summed E-state index contributed by atoms with van der Waals surface area (Å²) in [7, 11) is 4.84. The Morgan fingerprint density at radius 3 is 2.31 bits per heavy atom. The first-order valence-electron chi connectivity index (χ1n) is 10.3. The Balaban J connectivity index is 1.68. The predicted octanol–water partition coefficient (Wildman–Crippen LogP) is 4.66. The number of nitrogens with zero attached hydrogens (tertiary/aromatic N) is 2. The van der Waals surface area contributed by atoms with Crippen molar-refractivity contribution in [2.75, 3.05) is 21.3 Å². The summed E-state index contributed by atoms with van der Waals surface area (Å²) in [5, 5.41) is 17.3. The molecule has 3 aromatic rings. The number of rotatable bonds is 5. The molecule has 0 radical (unpaired) electrons. The summed E-state index contributed by atoms with van der Waals surface area (Å²) >= 11 is 0. The van der Waals surface area contributed by atoms with Crippen molar-refractivity contribution in [2.24, 2.45) is 5.10 Å². The van der Waals surface area contributed by atoms with Crippen LogP contribution in [0.2, 0.25) is 0 Å². The summed E-state index contributed by atoms with van der Waals surface area (Å²) in [6, 6.07) is 18.7. The van der Waals surface area contributed by atoms with Gasteiger partial charge in [0.1, 0.15) is 5.75 Å². The fourth-order valence-corrected chi connectivity index (χ4v) is 4.44. The van der Waals surface area contributed by atoms with E-state index in [1.807, 2.05) is 53.5 Å². The van der Waals surface area contributed by atoms with Crippen molar-refractivity contribution in [3.8, 4) is 28.7 Å². The van der Waals surface area contributed by atoms with Crippen molar-refractivity contribution in [2.45, 2.75) is 18.7 Å². The molecule has 2 unspecified atom stereocenters. The third-order valence-corrected chi connectivity index (χ3v) is 5.91. The maximum absolute atomic E-state index is 10.4. The van der Waals surface area contributed by atoms with Gasteiger partial charge in [0.25, 0.3) is 0 Å². The summed E-state index contributed by atoms with van der Waals surface area (Å²) in [5.74, 6) is 2.74. The van der Waals surface area contributed by atoms with Crippen LogP contribution in [0.1, 0.15) is 35.4 Å². The van der Waals surface area contributed by atoms with Gasteiger partial charge in [-0.3, -0.25) is 0 Å². The molecule has 2 heterocycles. The molecule has 3 aromatic carbocycles. The molecule has 5 rings (SSSR count). The van der Waals surface area contributed by atoms with Crippen LogP contribution in [0.15, 0.2) is 65.8 Å². The number of phenolic OH excluding ortho intramolecular Hbond substituents is 1. The molecule has 0 amide bonds. The summed E-state index contributed by atoms with van der Waals surface area (Å²) in [5.41, 5.74) is 3.27. The van der Waals surface area contributed by atoms with Gasteiger partial charge in [0.15, 0.2) is 23.0 Å². The van der Waals surface area contributed by atoms with E-state index < -0.39 is 6.23 Å². The summed E-state index contributed by atoms with van der Waals surface area (Å²) in [6.07, 6.45) is 0.0429. The lowest BCUT2D eigenvalue weighted by molar-refractivity contribution is -0.0223. The van der Waals surface area contributed by atoms with E-state index in [4.69, 9.17) is 24.0 Å². The van der Waals surface area contributed by atoms with Crippen molar-refractivity contribution < 1.29 is 24.1 Å². The van der Waals surface area contributed by atoms with Crippen LogP contribution >= 0.6 is 0 Å². The van der Waals surface area contributed by atoms with E-state index in [-0.39, 0.29) is 11.8 Å². The lowest BCUT2D eigenvalue weighted by Crippen LogP contribution is -2.34. The van der Waals surface area contributed by atoms with E-state index in [2.05, 4.69) is 0 Å². The van der Waals surface area contributed by atoms with Crippen LogP contribution < -0.4 is 18.9 Å². The van der Waals surface area contributed by atoms with Crippen molar-refractivity contribution in [3.63, 3.8) is 0 Å². The third kappa shape index (κ3) is 3.09. The maximum atomic E-state index is 10.4. The molecule has 0 bridgehead atoms. The van der Waals surface area contributed by atoms with Gasteiger partial charge >= 0.3 is 0 Å². The summed E-state index contributed by atoms with van der Waals surface area (Å²) in [6.45, 7) is 0. The number of hydrazone groups is 1. The zero-order chi connectivity index (χ0) is 22.2. The van der Waals surface area contributed by atoms with Gasteiger partial charge in [-0.1, -0.05) is 30.3 Å². The van der Waals surface area contributed by atoms with Gasteiger partial charge in [0.05, 0.1) is 38.6 Å². The predicted molar refractivity (Wildman–Crippen MR) is 120 cm³/mol. The molecule has 0 aromatic heterocycles. The molecule has 0 saturated carbocycles. The Bertz CT molecular complexity index is 1190. The van der Waals surface area contributed by atoms with Crippen molar-refractivity contribution >= 4 is 5.71 Å². The highest BCUT2D eigenvalue weighted by Crippen LogP contribution is 2.52. The summed E-state index contributed by atoms with van der Waals surface area (Å²) in [4.78, 5) is 0. The van der Waals surface area contributed by atoms with Crippen LogP contribution in [0, 0.1) is 0 Å². The molecule has 7 heteroatoms. The molecule has 2 atom stereocenters. The molecule has 164 valence electrons. The summed E-state index contributed by atoms with van der Waals surface area (Å²) < 4.78 is 23.3. The van der Waals surface area contributed by atoms with Crippen molar-refractivity contribution in [3.05, 3.63) is 77.4 Å². The molecular weight excluding hydrogens is 408 g/mol. The van der Waals surface area contributed by atoms with Crippen molar-refractivity contribution in [1.29, 1.82) is 0 Å². The van der Waals surface area contributed by atoms with Crippen molar-refractivity contribution in [1.82, 2.24) is 5.01 Å². The highest BCUT2D eigenvalue weighted by atomic mass is 16.5. The van der Waals surface area contributed by atoms with Crippen LogP contribution in [-0.4, -0.2) is 37.2 Å². The molecule has 32 heavy (non-hydrogen) atoms. The van der Waals surface area contributed by atoms with E-state index >= 15 is 0 Å². The van der Waals surface area contributed by atoms with E-state index in [9.17, 15) is 5.11 Å². The number of fused-ring (bicyclic) bond motifs is 3. The molecule has 2 aliphatic rings. The van der Waals surface area contributed by atoms with Crippen LogP contribution in [0.4, 0.5) is 0 Å². The molecule has 0 spiro atoms. The highest BCUT2D eigenvalue weighted by molar-refractivity contribution is 6.04. The standard InChI is InChI=1S/C25H24N2O5/c1-29-21-12-7-10-17(23(21)31-3)25-27-19(16-9-6-13-22(30-2)24(16)32-25)14-18(26-27)15-8-4-5-11-20(15)28/h4-13,19,25,28H,14H2,1-3H3. The van der Waals surface area contributed by atoms with E-state index in [0.29, 0.717) is 35.0 Å². The minimum atomic E-state index is -0.572. The van der Waals surface area contributed by atoms with Gasteiger partial charge in [0, 0.05) is 17.5 Å². The minimum Gasteiger partial charge on any atom is -0.507 e. The number of phenols is 1. The molecule has 7 nitrogen and oxygen atoms in total. The number of methoxy groups -OCH3 is 3. The monoisotopic (exact) mass is 432 g/mol. The lowest BCUT2D eigenvalue weighted by Gasteiger charge is -2.39. The smallest absolute Gasteiger partial charge is 0.217 e. The zero-order valence-corrected chi connectivity index (χ0v) is 18.1. The Kier molecular flexibility index (Phi) is 5.01. The highest BCUT2D eigenvalue weighted by Gasteiger charge is 2.43. The first-order valence-corrected chi connectivity index (χ1v) is 10.3. The second kappa shape index (κ2) is 8.00. The average Bonchev–Trinajstić information content (AvgIpc) is 3.28. The first-order chi connectivity index (χ1) is 15.7. The SMILES string of the molecule is COc1cccc2c1OC(c1cccc(OC)c1OC)N1N=C(c3ccccc3O)CC21. The molecule has 0 aliphatic carbocycles. The maximum Gasteiger partial charge on any atom is 0.217 e. The third-order valence-electron chi connectivity index (χ3n) is 5.91. The van der Waals surface area contributed by atoms with Crippen LogP contribution in [0.25, 0.3) is 0 Å².